The van der Waals surface area contributed by atoms with E-state index in [1.807, 2.05) is 30.3 Å². The number of fused-ring (bicyclic) bond motifs is 1. The van der Waals surface area contributed by atoms with Gasteiger partial charge < -0.3 is 14.3 Å². The molecule has 0 fully saturated rings. The van der Waals surface area contributed by atoms with Crippen LogP contribution in [0.1, 0.15) is 11.1 Å². The van der Waals surface area contributed by atoms with Gasteiger partial charge in [-0.1, -0.05) is 30.3 Å². The largest absolute Gasteiger partial charge is 0.375 e. The van der Waals surface area contributed by atoms with E-state index < -0.39 is 5.56 Å². The minimum absolute atomic E-state index is 0.0716. The molecule has 1 aromatic carbocycles. The third-order valence-corrected chi connectivity index (χ3v) is 3.69. The topological polar surface area (TPSA) is 87.9 Å². The number of rotatable bonds is 5. The minimum Gasteiger partial charge on any atom is -0.375 e. The van der Waals surface area contributed by atoms with Crippen LogP contribution in [0.4, 0.5) is 0 Å². The van der Waals surface area contributed by atoms with Gasteiger partial charge in [-0.3, -0.25) is 9.59 Å². The number of hydrogen-bond donors (Lipinski definition) is 1. The lowest BCUT2D eigenvalue weighted by Gasteiger charge is -2.08. The summed E-state index contributed by atoms with van der Waals surface area (Å²) >= 11 is 0. The predicted octanol–water partition coefficient (Wildman–Crippen LogP) is 1.78. The van der Waals surface area contributed by atoms with Gasteiger partial charge in [-0.05, 0) is 17.7 Å². The zero-order valence-electron chi connectivity index (χ0n) is 12.9. The second-order valence-corrected chi connectivity index (χ2v) is 5.30. The molecule has 120 valence electrons. The van der Waals surface area contributed by atoms with E-state index in [9.17, 15) is 9.59 Å². The lowest BCUT2D eigenvalue weighted by atomic mass is 10.2. The van der Waals surface area contributed by atoms with Crippen molar-refractivity contribution in [2.45, 2.75) is 13.2 Å². The van der Waals surface area contributed by atoms with Crippen LogP contribution in [0, 0.1) is 11.3 Å². The smallest absolute Gasteiger partial charge is 0.266 e. The number of nitriles is 1. The highest BCUT2D eigenvalue weighted by Crippen LogP contribution is 2.06. The third-order valence-electron chi connectivity index (χ3n) is 3.69. The maximum absolute atomic E-state index is 12.4. The second kappa shape index (κ2) is 6.94. The summed E-state index contributed by atoms with van der Waals surface area (Å²) in [6.07, 6.45) is 1.61. The summed E-state index contributed by atoms with van der Waals surface area (Å²) in [5, 5.41) is 9.24. The van der Waals surface area contributed by atoms with Crippen LogP contribution in [0.3, 0.4) is 0 Å². The van der Waals surface area contributed by atoms with Crippen molar-refractivity contribution in [1.82, 2.24) is 9.55 Å². The Balaban J connectivity index is 1.74. The lowest BCUT2D eigenvalue weighted by Crippen LogP contribution is -2.23. The molecular weight excluding hydrogens is 306 g/mol. The average molecular weight is 321 g/mol. The van der Waals surface area contributed by atoms with Crippen LogP contribution in [-0.4, -0.2) is 16.2 Å². The molecule has 24 heavy (non-hydrogen) atoms. The van der Waals surface area contributed by atoms with Gasteiger partial charge in [-0.25, -0.2) is 0 Å². The average Bonchev–Trinajstić information content (AvgIpc) is 2.61. The van der Waals surface area contributed by atoms with Crippen molar-refractivity contribution in [3.05, 3.63) is 80.5 Å². The number of aromatic nitrogens is 2. The highest BCUT2D eigenvalue weighted by Gasteiger charge is 2.07. The molecule has 3 rings (SSSR count). The van der Waals surface area contributed by atoms with E-state index in [4.69, 9.17) is 10.00 Å². The van der Waals surface area contributed by atoms with Gasteiger partial charge in [0.15, 0.2) is 0 Å². The first kappa shape index (κ1) is 15.7. The van der Waals surface area contributed by atoms with Gasteiger partial charge in [-0.15, -0.1) is 0 Å². The van der Waals surface area contributed by atoms with Crippen LogP contribution in [0.25, 0.3) is 10.9 Å². The predicted molar refractivity (Wildman–Crippen MR) is 89.6 cm³/mol. The summed E-state index contributed by atoms with van der Waals surface area (Å²) < 4.78 is 7.09. The monoisotopic (exact) mass is 321 g/mol. The fourth-order valence-electron chi connectivity index (χ4n) is 2.43. The fourth-order valence-corrected chi connectivity index (χ4v) is 2.43. The molecule has 1 N–H and O–H groups in total. The van der Waals surface area contributed by atoms with Crippen LogP contribution >= 0.6 is 0 Å². The maximum atomic E-state index is 12.4. The SMILES string of the molecule is N#Cc1cc2c(=O)n(CCOCc3ccccc3)ccc2[nH]c1=O. The molecule has 0 atom stereocenters. The summed E-state index contributed by atoms with van der Waals surface area (Å²) in [7, 11) is 0. The molecule has 0 spiro atoms. The number of aromatic amines is 1. The number of benzene rings is 1. The number of H-pyrrole nitrogens is 1. The Bertz CT molecular complexity index is 1010. The van der Waals surface area contributed by atoms with Gasteiger partial charge in [-0.2, -0.15) is 5.26 Å². The Morgan fingerprint density at radius 2 is 1.96 bits per heavy atom. The highest BCUT2D eigenvalue weighted by molar-refractivity contribution is 5.78. The molecule has 0 radical (unpaired) electrons. The summed E-state index contributed by atoms with van der Waals surface area (Å²) in [4.78, 5) is 26.6. The number of pyridine rings is 2. The van der Waals surface area contributed by atoms with Crippen LogP contribution in [0.15, 0.2) is 58.3 Å². The zero-order chi connectivity index (χ0) is 16.9. The molecule has 0 aliphatic heterocycles. The molecular formula is C18H15N3O3. The number of ether oxygens (including phenoxy) is 1. The molecule has 2 heterocycles. The van der Waals surface area contributed by atoms with Crippen LogP contribution in [-0.2, 0) is 17.9 Å². The molecule has 0 unspecified atom stereocenters. The van der Waals surface area contributed by atoms with Gasteiger partial charge in [0.1, 0.15) is 11.6 Å². The molecule has 3 aromatic rings. The summed E-state index contributed by atoms with van der Waals surface area (Å²) in [6, 6.07) is 14.5. The summed E-state index contributed by atoms with van der Waals surface area (Å²) in [6.45, 7) is 1.26. The maximum Gasteiger partial charge on any atom is 0.266 e. The van der Waals surface area contributed by atoms with Gasteiger partial charge in [0, 0.05) is 12.7 Å². The molecule has 0 amide bonds. The van der Waals surface area contributed by atoms with Gasteiger partial charge >= 0.3 is 0 Å². The second-order valence-electron chi connectivity index (χ2n) is 5.30. The first-order valence-electron chi connectivity index (χ1n) is 7.47. The standard InChI is InChI=1S/C18H15N3O3/c19-11-14-10-15-16(20-17(14)22)6-7-21(18(15)23)8-9-24-12-13-4-2-1-3-5-13/h1-7,10H,8-9,12H2,(H,20,22). The normalized spacial score (nSPS) is 10.6. The Morgan fingerprint density at radius 3 is 2.71 bits per heavy atom. The Kier molecular flexibility index (Phi) is 4.54. The van der Waals surface area contributed by atoms with Crippen molar-refractivity contribution < 1.29 is 4.74 Å². The zero-order valence-corrected chi connectivity index (χ0v) is 12.9. The van der Waals surface area contributed by atoms with Crippen molar-refractivity contribution >= 4 is 10.9 Å². The summed E-state index contributed by atoms with van der Waals surface area (Å²) in [5.41, 5.74) is 0.666. The summed E-state index contributed by atoms with van der Waals surface area (Å²) in [5.74, 6) is 0. The Labute approximate surface area is 137 Å². The number of hydrogen-bond acceptors (Lipinski definition) is 4. The molecule has 2 aromatic heterocycles. The number of nitrogens with zero attached hydrogens (tertiary/aromatic N) is 2. The van der Waals surface area contributed by atoms with E-state index in [-0.39, 0.29) is 11.1 Å². The molecule has 6 heteroatoms. The van der Waals surface area contributed by atoms with Crippen molar-refractivity contribution in [3.8, 4) is 6.07 Å². The molecule has 6 nitrogen and oxygen atoms in total. The van der Waals surface area contributed by atoms with E-state index in [0.717, 1.165) is 5.56 Å². The number of nitrogens with one attached hydrogen (secondary N) is 1. The molecule has 0 aliphatic carbocycles. The van der Waals surface area contributed by atoms with E-state index in [0.29, 0.717) is 30.7 Å². The van der Waals surface area contributed by atoms with E-state index in [1.54, 1.807) is 18.3 Å². The van der Waals surface area contributed by atoms with Gasteiger partial charge in [0.25, 0.3) is 11.1 Å². The quantitative estimate of drug-likeness (QED) is 0.726. The highest BCUT2D eigenvalue weighted by atomic mass is 16.5. The molecule has 0 saturated heterocycles. The fraction of sp³-hybridized carbons (Fsp3) is 0.167. The van der Waals surface area contributed by atoms with Crippen molar-refractivity contribution in [2.75, 3.05) is 6.61 Å². The minimum atomic E-state index is -0.492. The third kappa shape index (κ3) is 3.26. The van der Waals surface area contributed by atoms with Gasteiger partial charge in [0.2, 0.25) is 0 Å². The van der Waals surface area contributed by atoms with E-state index in [1.165, 1.54) is 10.6 Å². The first-order valence-corrected chi connectivity index (χ1v) is 7.47. The Hall–Kier alpha value is -3.17. The lowest BCUT2D eigenvalue weighted by molar-refractivity contribution is 0.112. The van der Waals surface area contributed by atoms with Crippen LogP contribution < -0.4 is 11.1 Å². The first-order chi connectivity index (χ1) is 11.7. The van der Waals surface area contributed by atoms with Gasteiger partial charge in [0.05, 0.1) is 24.1 Å². The molecule has 0 bridgehead atoms. The van der Waals surface area contributed by atoms with E-state index in [2.05, 4.69) is 4.98 Å². The van der Waals surface area contributed by atoms with Crippen molar-refractivity contribution in [1.29, 1.82) is 5.26 Å². The van der Waals surface area contributed by atoms with E-state index >= 15 is 0 Å². The van der Waals surface area contributed by atoms with Crippen LogP contribution in [0.2, 0.25) is 0 Å². The van der Waals surface area contributed by atoms with Crippen molar-refractivity contribution in [2.24, 2.45) is 0 Å². The molecule has 0 saturated carbocycles. The van der Waals surface area contributed by atoms with Crippen LogP contribution in [0.5, 0.6) is 0 Å². The molecule has 0 aliphatic rings. The Morgan fingerprint density at radius 1 is 1.17 bits per heavy atom. The van der Waals surface area contributed by atoms with Crippen molar-refractivity contribution in [3.63, 3.8) is 0 Å².